The maximum Gasteiger partial charge on any atom is 0.0620 e. The van der Waals surface area contributed by atoms with Gasteiger partial charge < -0.3 is 4.57 Å². The van der Waals surface area contributed by atoms with E-state index in [0.29, 0.717) is 0 Å². The average molecular weight is 294 g/mol. The highest BCUT2D eigenvalue weighted by molar-refractivity contribution is 6.18. The van der Waals surface area contributed by atoms with Crippen molar-refractivity contribution >= 4 is 32.6 Å². The molecule has 2 heteroatoms. The number of aromatic nitrogens is 2. The van der Waals surface area contributed by atoms with Gasteiger partial charge in [-0.3, -0.25) is 4.98 Å². The van der Waals surface area contributed by atoms with E-state index in [2.05, 4.69) is 82.3 Å². The second-order valence-electron chi connectivity index (χ2n) is 5.75. The Bertz CT molecular complexity index is 1150. The topological polar surface area (TPSA) is 17.8 Å². The zero-order chi connectivity index (χ0) is 15.2. The predicted octanol–water partition coefficient (Wildman–Crippen LogP) is 5.33. The van der Waals surface area contributed by atoms with Gasteiger partial charge in [0.05, 0.1) is 11.0 Å². The number of fused-ring (bicyclic) bond motifs is 5. The monoisotopic (exact) mass is 294 g/mol. The lowest BCUT2D eigenvalue weighted by Crippen LogP contribution is -1.93. The average Bonchev–Trinajstić information content (AvgIpc) is 2.97. The number of nitrogens with zero attached hydrogens (tertiary/aromatic N) is 2. The van der Waals surface area contributed by atoms with E-state index in [9.17, 15) is 0 Å². The molecule has 0 aliphatic carbocycles. The van der Waals surface area contributed by atoms with Gasteiger partial charge in [-0.05, 0) is 23.6 Å². The molecule has 2 heterocycles. The Morgan fingerprint density at radius 2 is 1.48 bits per heavy atom. The van der Waals surface area contributed by atoms with E-state index in [0.717, 1.165) is 0 Å². The smallest absolute Gasteiger partial charge is 0.0620 e. The molecule has 0 bridgehead atoms. The van der Waals surface area contributed by atoms with Crippen LogP contribution in [0, 0.1) is 0 Å². The Morgan fingerprint density at radius 1 is 0.652 bits per heavy atom. The maximum atomic E-state index is 4.34. The lowest BCUT2D eigenvalue weighted by molar-refractivity contribution is 1.18. The Labute approximate surface area is 133 Å². The highest BCUT2D eigenvalue weighted by atomic mass is 15.0. The number of hydrogen-bond donors (Lipinski definition) is 0. The van der Waals surface area contributed by atoms with Crippen LogP contribution < -0.4 is 0 Å². The van der Waals surface area contributed by atoms with Gasteiger partial charge >= 0.3 is 0 Å². The fraction of sp³-hybridized carbons (Fsp3) is 0. The van der Waals surface area contributed by atoms with Crippen molar-refractivity contribution in [2.45, 2.75) is 0 Å². The first-order chi connectivity index (χ1) is 11.4. The summed E-state index contributed by atoms with van der Waals surface area (Å²) in [6, 6.07) is 25.6. The third kappa shape index (κ3) is 1.72. The van der Waals surface area contributed by atoms with E-state index < -0.39 is 0 Å². The molecular formula is C21H14N2. The first kappa shape index (κ1) is 12.4. The molecule has 3 aromatic carbocycles. The minimum absolute atomic E-state index is 1.18. The number of para-hydroxylation sites is 1. The molecule has 0 unspecified atom stereocenters. The van der Waals surface area contributed by atoms with Crippen LogP contribution in [0.15, 0.2) is 85.2 Å². The first-order valence-electron chi connectivity index (χ1n) is 7.75. The first-order valence-corrected chi connectivity index (χ1v) is 7.75. The fourth-order valence-electron chi connectivity index (χ4n) is 3.47. The standard InChI is InChI=1S/C21H14N2/c1-2-7-16(8-3-1)23-20-12-13-22-14-19(20)18-11-10-15-6-4-5-9-17(15)21(18)23/h1-14H. The predicted molar refractivity (Wildman–Crippen MR) is 96.1 cm³/mol. The summed E-state index contributed by atoms with van der Waals surface area (Å²) in [5.74, 6) is 0. The minimum Gasteiger partial charge on any atom is -0.309 e. The van der Waals surface area contributed by atoms with Gasteiger partial charge in [-0.15, -0.1) is 0 Å². The van der Waals surface area contributed by atoms with Crippen LogP contribution >= 0.6 is 0 Å². The van der Waals surface area contributed by atoms with Crippen LogP contribution in [0.25, 0.3) is 38.3 Å². The molecule has 0 aliphatic heterocycles. The summed E-state index contributed by atoms with van der Waals surface area (Å²) in [5.41, 5.74) is 3.62. The lowest BCUT2D eigenvalue weighted by atomic mass is 10.1. The molecule has 2 aromatic heterocycles. The Balaban J connectivity index is 2.10. The molecule has 23 heavy (non-hydrogen) atoms. The molecule has 2 nitrogen and oxygen atoms in total. The van der Waals surface area contributed by atoms with Crippen molar-refractivity contribution in [3.8, 4) is 5.69 Å². The Hall–Kier alpha value is -3.13. The van der Waals surface area contributed by atoms with Gasteiger partial charge in [0.2, 0.25) is 0 Å². The highest BCUT2D eigenvalue weighted by Gasteiger charge is 2.14. The second kappa shape index (κ2) is 4.68. The number of pyridine rings is 1. The van der Waals surface area contributed by atoms with Crippen molar-refractivity contribution in [2.24, 2.45) is 0 Å². The Kier molecular flexibility index (Phi) is 2.53. The molecular weight excluding hydrogens is 280 g/mol. The zero-order valence-electron chi connectivity index (χ0n) is 12.5. The van der Waals surface area contributed by atoms with Crippen LogP contribution in [-0.2, 0) is 0 Å². The number of hydrogen-bond acceptors (Lipinski definition) is 1. The molecule has 5 rings (SSSR count). The van der Waals surface area contributed by atoms with Crippen LogP contribution in [0.5, 0.6) is 0 Å². The van der Waals surface area contributed by atoms with Crippen molar-refractivity contribution in [1.29, 1.82) is 0 Å². The van der Waals surface area contributed by atoms with Gasteiger partial charge in [0.1, 0.15) is 0 Å². The van der Waals surface area contributed by atoms with Gasteiger partial charge in [-0.25, -0.2) is 0 Å². The molecule has 108 valence electrons. The molecule has 0 radical (unpaired) electrons. The molecule has 0 amide bonds. The molecule has 0 atom stereocenters. The van der Waals surface area contributed by atoms with Crippen LogP contribution in [-0.4, -0.2) is 9.55 Å². The van der Waals surface area contributed by atoms with Crippen LogP contribution in [0.1, 0.15) is 0 Å². The summed E-state index contributed by atoms with van der Waals surface area (Å²) >= 11 is 0. The SMILES string of the molecule is c1ccc(-n2c3ccncc3c3ccc4ccccc4c32)cc1. The summed E-state index contributed by atoms with van der Waals surface area (Å²) in [5, 5.41) is 4.96. The molecule has 0 spiro atoms. The third-order valence-corrected chi connectivity index (χ3v) is 4.47. The molecule has 0 saturated heterocycles. The maximum absolute atomic E-state index is 4.34. The van der Waals surface area contributed by atoms with Crippen molar-refractivity contribution in [2.75, 3.05) is 0 Å². The largest absolute Gasteiger partial charge is 0.309 e. The van der Waals surface area contributed by atoms with E-state index in [1.807, 2.05) is 12.4 Å². The Morgan fingerprint density at radius 3 is 2.39 bits per heavy atom. The van der Waals surface area contributed by atoms with Gasteiger partial charge in [0.15, 0.2) is 0 Å². The summed E-state index contributed by atoms with van der Waals surface area (Å²) < 4.78 is 2.34. The van der Waals surface area contributed by atoms with E-state index in [1.165, 1.54) is 38.3 Å². The van der Waals surface area contributed by atoms with Crippen LogP contribution in [0.3, 0.4) is 0 Å². The number of rotatable bonds is 1. The zero-order valence-corrected chi connectivity index (χ0v) is 12.5. The third-order valence-electron chi connectivity index (χ3n) is 4.47. The van der Waals surface area contributed by atoms with Gasteiger partial charge in [0.25, 0.3) is 0 Å². The minimum atomic E-state index is 1.18. The lowest BCUT2D eigenvalue weighted by Gasteiger charge is -2.09. The van der Waals surface area contributed by atoms with Crippen molar-refractivity contribution < 1.29 is 0 Å². The van der Waals surface area contributed by atoms with Gasteiger partial charge in [-0.2, -0.15) is 0 Å². The normalized spacial score (nSPS) is 11.5. The van der Waals surface area contributed by atoms with Crippen LogP contribution in [0.2, 0.25) is 0 Å². The molecule has 0 N–H and O–H groups in total. The summed E-state index contributed by atoms with van der Waals surface area (Å²) in [6.45, 7) is 0. The van der Waals surface area contributed by atoms with E-state index in [4.69, 9.17) is 0 Å². The van der Waals surface area contributed by atoms with Gasteiger partial charge in [0, 0.05) is 34.2 Å². The molecule has 0 saturated carbocycles. The van der Waals surface area contributed by atoms with Crippen LogP contribution in [0.4, 0.5) is 0 Å². The summed E-state index contributed by atoms with van der Waals surface area (Å²) in [4.78, 5) is 4.34. The molecule has 0 fully saturated rings. The van der Waals surface area contributed by atoms with Crippen molar-refractivity contribution in [1.82, 2.24) is 9.55 Å². The fourth-order valence-corrected chi connectivity index (χ4v) is 3.47. The molecule has 0 aliphatic rings. The van der Waals surface area contributed by atoms with Crippen molar-refractivity contribution in [3.05, 3.63) is 85.2 Å². The number of benzene rings is 3. The summed E-state index contributed by atoms with van der Waals surface area (Å²) in [6.07, 6.45) is 3.83. The van der Waals surface area contributed by atoms with E-state index >= 15 is 0 Å². The quantitative estimate of drug-likeness (QED) is 0.408. The summed E-state index contributed by atoms with van der Waals surface area (Å²) in [7, 11) is 0. The van der Waals surface area contributed by atoms with E-state index in [-0.39, 0.29) is 0 Å². The van der Waals surface area contributed by atoms with E-state index in [1.54, 1.807) is 0 Å². The van der Waals surface area contributed by atoms with Crippen molar-refractivity contribution in [3.63, 3.8) is 0 Å². The molecule has 5 aromatic rings. The second-order valence-corrected chi connectivity index (χ2v) is 5.75. The van der Waals surface area contributed by atoms with Gasteiger partial charge in [-0.1, -0.05) is 54.6 Å². The highest BCUT2D eigenvalue weighted by Crippen LogP contribution is 2.35.